The molecule has 1 fully saturated rings. The lowest BCUT2D eigenvalue weighted by Crippen LogP contribution is -2.49. The molecule has 0 atom stereocenters. The van der Waals surface area contributed by atoms with Crippen LogP contribution in [0, 0.1) is 0 Å². The Labute approximate surface area is 168 Å². The van der Waals surface area contributed by atoms with Gasteiger partial charge in [-0.1, -0.05) is 29.8 Å². The molecule has 1 aliphatic heterocycles. The Morgan fingerprint density at radius 2 is 1.71 bits per heavy atom. The predicted molar refractivity (Wildman–Crippen MR) is 111 cm³/mol. The van der Waals surface area contributed by atoms with Crippen molar-refractivity contribution in [2.75, 3.05) is 36.4 Å². The second-order valence-electron chi connectivity index (χ2n) is 6.50. The lowest BCUT2D eigenvalue weighted by atomic mass is 10.2. The van der Waals surface area contributed by atoms with Gasteiger partial charge >= 0.3 is 0 Å². The van der Waals surface area contributed by atoms with E-state index >= 15 is 0 Å². The Morgan fingerprint density at radius 3 is 2.39 bits per heavy atom. The number of nitrogens with zero attached hydrogens (tertiary/aromatic N) is 4. The number of para-hydroxylation sites is 1. The van der Waals surface area contributed by atoms with Gasteiger partial charge in [0.15, 0.2) is 0 Å². The van der Waals surface area contributed by atoms with E-state index in [2.05, 4.69) is 20.2 Å². The summed E-state index contributed by atoms with van der Waals surface area (Å²) in [6.07, 6.45) is 3.39. The first-order valence-electron chi connectivity index (χ1n) is 9.13. The van der Waals surface area contributed by atoms with Crippen molar-refractivity contribution < 1.29 is 4.79 Å². The number of rotatable bonds is 4. The number of piperazine rings is 1. The highest BCUT2D eigenvalue weighted by Crippen LogP contribution is 2.24. The number of hydrogen-bond donors (Lipinski definition) is 1. The molecule has 3 heterocycles. The van der Waals surface area contributed by atoms with Crippen molar-refractivity contribution >= 4 is 34.8 Å². The van der Waals surface area contributed by atoms with E-state index in [9.17, 15) is 4.79 Å². The number of carbonyl (C=O) groups is 1. The highest BCUT2D eigenvalue weighted by atomic mass is 35.5. The summed E-state index contributed by atoms with van der Waals surface area (Å²) in [5, 5.41) is 3.78. The lowest BCUT2D eigenvalue weighted by molar-refractivity contribution is 0.0746. The Bertz CT molecular complexity index is 941. The molecule has 0 spiro atoms. The van der Waals surface area contributed by atoms with Gasteiger partial charge in [-0.2, -0.15) is 0 Å². The van der Waals surface area contributed by atoms with Crippen LogP contribution in [0.25, 0.3) is 0 Å². The SMILES string of the molecule is O=C(c1ccc(Nc2ccccc2Cl)nc1)N1CCN(c2ccccn2)CC1. The normalized spacial score (nSPS) is 14.0. The highest BCUT2D eigenvalue weighted by molar-refractivity contribution is 6.33. The molecule has 6 nitrogen and oxygen atoms in total. The van der Waals surface area contributed by atoms with E-state index in [4.69, 9.17) is 11.6 Å². The largest absolute Gasteiger partial charge is 0.353 e. The van der Waals surface area contributed by atoms with Crippen LogP contribution in [-0.2, 0) is 0 Å². The second kappa shape index (κ2) is 8.27. The van der Waals surface area contributed by atoms with Crippen LogP contribution in [0.1, 0.15) is 10.4 Å². The van der Waals surface area contributed by atoms with Crippen molar-refractivity contribution in [3.63, 3.8) is 0 Å². The summed E-state index contributed by atoms with van der Waals surface area (Å²) in [6, 6.07) is 16.9. The fourth-order valence-electron chi connectivity index (χ4n) is 3.16. The van der Waals surface area contributed by atoms with Crippen LogP contribution in [0.5, 0.6) is 0 Å². The zero-order valence-electron chi connectivity index (χ0n) is 15.3. The number of anilines is 3. The zero-order chi connectivity index (χ0) is 19.3. The molecule has 4 rings (SSSR count). The van der Waals surface area contributed by atoms with Gasteiger partial charge in [0.25, 0.3) is 5.91 Å². The molecular formula is C21H20ClN5O. The number of nitrogens with one attached hydrogen (secondary N) is 1. The molecule has 0 aliphatic carbocycles. The molecule has 1 aromatic carbocycles. The first-order valence-corrected chi connectivity index (χ1v) is 9.51. The standard InChI is InChI=1S/C21H20ClN5O/c22-17-5-1-2-6-18(17)25-19-9-8-16(15-24-19)21(28)27-13-11-26(12-14-27)20-7-3-4-10-23-20/h1-10,15H,11-14H2,(H,24,25). The molecule has 0 bridgehead atoms. The number of amides is 1. The minimum absolute atomic E-state index is 0.00235. The molecule has 7 heteroatoms. The van der Waals surface area contributed by atoms with Gasteiger partial charge in [-0.05, 0) is 36.4 Å². The molecule has 2 aromatic heterocycles. The maximum absolute atomic E-state index is 12.8. The summed E-state index contributed by atoms with van der Waals surface area (Å²) in [6.45, 7) is 2.86. The topological polar surface area (TPSA) is 61.4 Å². The number of hydrogen-bond acceptors (Lipinski definition) is 5. The van der Waals surface area contributed by atoms with Crippen LogP contribution in [-0.4, -0.2) is 47.0 Å². The molecule has 142 valence electrons. The third-order valence-corrected chi connectivity index (χ3v) is 5.02. The monoisotopic (exact) mass is 393 g/mol. The van der Waals surface area contributed by atoms with Gasteiger partial charge in [0.1, 0.15) is 11.6 Å². The summed E-state index contributed by atoms with van der Waals surface area (Å²) in [4.78, 5) is 25.6. The van der Waals surface area contributed by atoms with Gasteiger partial charge in [0, 0.05) is 38.6 Å². The van der Waals surface area contributed by atoms with Crippen molar-refractivity contribution in [3.8, 4) is 0 Å². The summed E-state index contributed by atoms with van der Waals surface area (Å²) in [7, 11) is 0. The number of benzene rings is 1. The Balaban J connectivity index is 1.37. The van der Waals surface area contributed by atoms with Gasteiger partial charge in [0.05, 0.1) is 16.3 Å². The average Bonchev–Trinajstić information content (AvgIpc) is 2.76. The summed E-state index contributed by atoms with van der Waals surface area (Å²) >= 11 is 6.15. The minimum atomic E-state index is -0.00235. The summed E-state index contributed by atoms with van der Waals surface area (Å²) < 4.78 is 0. The van der Waals surface area contributed by atoms with Crippen molar-refractivity contribution in [1.82, 2.24) is 14.9 Å². The van der Waals surface area contributed by atoms with Crippen molar-refractivity contribution in [3.05, 3.63) is 77.6 Å². The smallest absolute Gasteiger partial charge is 0.255 e. The molecule has 0 unspecified atom stereocenters. The van der Waals surface area contributed by atoms with Gasteiger partial charge in [-0.25, -0.2) is 9.97 Å². The first-order chi connectivity index (χ1) is 13.7. The fourth-order valence-corrected chi connectivity index (χ4v) is 3.34. The zero-order valence-corrected chi connectivity index (χ0v) is 16.0. The molecule has 0 radical (unpaired) electrons. The van der Waals surface area contributed by atoms with Crippen LogP contribution in [0.4, 0.5) is 17.3 Å². The molecule has 0 saturated carbocycles. The van der Waals surface area contributed by atoms with Crippen LogP contribution in [0.2, 0.25) is 5.02 Å². The average molecular weight is 394 g/mol. The molecule has 1 N–H and O–H groups in total. The Kier molecular flexibility index (Phi) is 5.39. The van der Waals surface area contributed by atoms with E-state index in [1.54, 1.807) is 24.5 Å². The van der Waals surface area contributed by atoms with Gasteiger partial charge in [-0.3, -0.25) is 4.79 Å². The van der Waals surface area contributed by atoms with Crippen LogP contribution >= 0.6 is 11.6 Å². The molecule has 3 aromatic rings. The third-order valence-electron chi connectivity index (χ3n) is 4.69. The predicted octanol–water partition coefficient (Wildman–Crippen LogP) is 3.84. The van der Waals surface area contributed by atoms with E-state index in [1.807, 2.05) is 47.4 Å². The summed E-state index contributed by atoms with van der Waals surface area (Å²) in [5.41, 5.74) is 1.36. The van der Waals surface area contributed by atoms with Gasteiger partial charge in [-0.15, -0.1) is 0 Å². The number of aromatic nitrogens is 2. The summed E-state index contributed by atoms with van der Waals surface area (Å²) in [5.74, 6) is 1.59. The van der Waals surface area contributed by atoms with Crippen molar-refractivity contribution in [2.45, 2.75) is 0 Å². The fraction of sp³-hybridized carbons (Fsp3) is 0.190. The van der Waals surface area contributed by atoms with Crippen LogP contribution in [0.15, 0.2) is 67.0 Å². The van der Waals surface area contributed by atoms with Crippen molar-refractivity contribution in [2.24, 2.45) is 0 Å². The minimum Gasteiger partial charge on any atom is -0.353 e. The van der Waals surface area contributed by atoms with Crippen LogP contribution < -0.4 is 10.2 Å². The lowest BCUT2D eigenvalue weighted by Gasteiger charge is -2.35. The molecule has 28 heavy (non-hydrogen) atoms. The maximum atomic E-state index is 12.8. The quantitative estimate of drug-likeness (QED) is 0.729. The van der Waals surface area contributed by atoms with Crippen LogP contribution in [0.3, 0.4) is 0 Å². The number of halogens is 1. The third kappa shape index (κ3) is 4.07. The van der Waals surface area contributed by atoms with Gasteiger partial charge < -0.3 is 15.1 Å². The highest BCUT2D eigenvalue weighted by Gasteiger charge is 2.23. The van der Waals surface area contributed by atoms with Gasteiger partial charge in [0.2, 0.25) is 0 Å². The van der Waals surface area contributed by atoms with E-state index in [0.717, 1.165) is 24.6 Å². The molecular weight excluding hydrogens is 374 g/mol. The first kappa shape index (κ1) is 18.3. The molecule has 1 saturated heterocycles. The molecule has 1 amide bonds. The number of pyridine rings is 2. The molecule has 1 aliphatic rings. The van der Waals surface area contributed by atoms with E-state index in [1.165, 1.54) is 0 Å². The second-order valence-corrected chi connectivity index (χ2v) is 6.91. The maximum Gasteiger partial charge on any atom is 0.255 e. The van der Waals surface area contributed by atoms with Crippen molar-refractivity contribution in [1.29, 1.82) is 0 Å². The number of carbonyl (C=O) groups excluding carboxylic acids is 1. The van der Waals surface area contributed by atoms with E-state index in [0.29, 0.717) is 29.5 Å². The Hall–Kier alpha value is -3.12. The van der Waals surface area contributed by atoms with E-state index < -0.39 is 0 Å². The van der Waals surface area contributed by atoms with E-state index in [-0.39, 0.29) is 5.91 Å². The Morgan fingerprint density at radius 1 is 0.929 bits per heavy atom.